The molecule has 0 unspecified atom stereocenters. The molecule has 0 atom stereocenters. The molecule has 0 spiro atoms. The fourth-order valence-corrected chi connectivity index (χ4v) is 11.1. The fourth-order valence-electron chi connectivity index (χ4n) is 11.1. The summed E-state index contributed by atoms with van der Waals surface area (Å²) in [6, 6.07) is 0. The Kier molecular flexibility index (Phi) is 68.3. The molecule has 0 amide bonds. The summed E-state index contributed by atoms with van der Waals surface area (Å²) in [5.74, 6) is 0. The Morgan fingerprint density at radius 3 is 0.163 bits per heavy atom. The standard InChI is InChI=1S/C80H140/c1-2-4-6-8-10-12-14-16-18-20-22-24-26-28-30-32-34-36-38-40-42-44-46-48-50-52-54-56-58-60-62-64-66-68-70-72-74-76-78-80-79-77-75-73-71-69-67-65-63-61-59-57-55-53-51-49-47-45-43-41-39-37-35-33-31-29-27-25-23-21-19-17-15-13-11-9-7-5-3-1/h1-2,15-18,31-34,47-50,63-66,79-80H,3-14,19-30,35-46,51-62,67-78H2/b2-1-,17-15+,18-16+,33-31+,34-32+,49-47+,50-48?,65-63+,66-64+,80-79-. The second kappa shape index (κ2) is 72.5. The molecule has 0 nitrogen and oxygen atoms in total. The number of hydrogen-bond acceptors (Lipinski definition) is 0. The molecular formula is C80H140. The van der Waals surface area contributed by atoms with Gasteiger partial charge < -0.3 is 0 Å². The summed E-state index contributed by atoms with van der Waals surface area (Å²) in [5, 5.41) is 0. The van der Waals surface area contributed by atoms with Crippen molar-refractivity contribution in [3.05, 3.63) is 122 Å². The summed E-state index contributed by atoms with van der Waals surface area (Å²) in [6.45, 7) is 0. The molecule has 0 aromatic rings. The lowest BCUT2D eigenvalue weighted by molar-refractivity contribution is 0.638. The molecule has 0 aliphatic heterocycles. The minimum Gasteiger partial charge on any atom is -0.0885 e. The maximum absolute atomic E-state index is 2.46. The van der Waals surface area contributed by atoms with Crippen molar-refractivity contribution in [2.75, 3.05) is 0 Å². The van der Waals surface area contributed by atoms with Crippen LogP contribution in [0, 0.1) is 0 Å². The van der Waals surface area contributed by atoms with Crippen molar-refractivity contribution in [1.82, 2.24) is 0 Å². The van der Waals surface area contributed by atoms with E-state index < -0.39 is 0 Å². The van der Waals surface area contributed by atoms with E-state index in [-0.39, 0.29) is 0 Å². The second-order valence-corrected chi connectivity index (χ2v) is 24.6. The Morgan fingerprint density at radius 2 is 0.113 bits per heavy atom. The van der Waals surface area contributed by atoms with Crippen molar-refractivity contribution in [2.45, 2.75) is 385 Å². The average molecular weight is 1100 g/mol. The highest BCUT2D eigenvalue weighted by Crippen LogP contribution is 2.16. The van der Waals surface area contributed by atoms with Crippen molar-refractivity contribution >= 4 is 0 Å². The van der Waals surface area contributed by atoms with Crippen LogP contribution in [0.25, 0.3) is 0 Å². The minimum atomic E-state index is 1.28. The van der Waals surface area contributed by atoms with E-state index >= 15 is 0 Å². The third-order valence-corrected chi connectivity index (χ3v) is 16.6. The van der Waals surface area contributed by atoms with Crippen LogP contribution in [0.15, 0.2) is 122 Å². The van der Waals surface area contributed by atoms with Gasteiger partial charge >= 0.3 is 0 Å². The quantitative estimate of drug-likeness (QED) is 0.212. The lowest BCUT2D eigenvalue weighted by Gasteiger charge is -2.00. The van der Waals surface area contributed by atoms with Crippen LogP contribution < -0.4 is 0 Å². The third-order valence-electron chi connectivity index (χ3n) is 16.6. The van der Waals surface area contributed by atoms with Crippen LogP contribution in [0.5, 0.6) is 0 Å². The van der Waals surface area contributed by atoms with Crippen molar-refractivity contribution in [2.24, 2.45) is 0 Å². The molecule has 0 fully saturated rings. The van der Waals surface area contributed by atoms with Gasteiger partial charge in [-0.1, -0.05) is 250 Å². The van der Waals surface area contributed by atoms with Crippen molar-refractivity contribution < 1.29 is 0 Å². The lowest BCUT2D eigenvalue weighted by Crippen LogP contribution is -1.80. The molecule has 1 aliphatic carbocycles. The topological polar surface area (TPSA) is 0 Å². The van der Waals surface area contributed by atoms with E-state index in [4.69, 9.17) is 0 Å². The van der Waals surface area contributed by atoms with E-state index in [1.54, 1.807) is 0 Å². The summed E-state index contributed by atoms with van der Waals surface area (Å²) in [6.07, 6.45) is 130. The highest BCUT2D eigenvalue weighted by Gasteiger charge is 1.96. The highest BCUT2D eigenvalue weighted by atomic mass is 14.0. The van der Waals surface area contributed by atoms with Gasteiger partial charge in [-0.3, -0.25) is 0 Å². The molecule has 0 bridgehead atoms. The molecule has 0 aromatic carbocycles. The maximum atomic E-state index is 2.46. The smallest absolute Gasteiger partial charge is 0.0351 e. The first-order valence-electron chi connectivity index (χ1n) is 36.5. The number of hydrogen-bond donors (Lipinski definition) is 0. The van der Waals surface area contributed by atoms with Crippen molar-refractivity contribution in [3.8, 4) is 0 Å². The summed E-state index contributed by atoms with van der Waals surface area (Å²) < 4.78 is 0. The first-order chi connectivity index (χ1) is 40.0. The molecule has 1 aliphatic rings. The number of allylic oxidation sites excluding steroid dienone is 20. The van der Waals surface area contributed by atoms with Gasteiger partial charge in [0, 0.05) is 0 Å². The molecule has 460 valence electrons. The Balaban J connectivity index is 2.13. The third kappa shape index (κ3) is 69.7. The molecule has 0 saturated heterocycles. The summed E-state index contributed by atoms with van der Waals surface area (Å²) in [7, 11) is 0. The number of rotatable bonds is 0. The van der Waals surface area contributed by atoms with E-state index in [0.29, 0.717) is 0 Å². The van der Waals surface area contributed by atoms with Gasteiger partial charge in [-0.2, -0.15) is 0 Å². The molecular weight excluding hydrogens is 961 g/mol. The van der Waals surface area contributed by atoms with Crippen LogP contribution >= 0.6 is 0 Å². The minimum absolute atomic E-state index is 1.28. The Bertz CT molecular complexity index is 986. The monoisotopic (exact) mass is 1100 g/mol. The first kappa shape index (κ1) is 75.4. The van der Waals surface area contributed by atoms with Gasteiger partial charge in [0.1, 0.15) is 0 Å². The first-order valence-corrected chi connectivity index (χ1v) is 36.5. The molecule has 80 heavy (non-hydrogen) atoms. The van der Waals surface area contributed by atoms with Gasteiger partial charge in [-0.05, 0) is 257 Å². The molecule has 0 radical (unpaired) electrons. The van der Waals surface area contributed by atoms with Crippen LogP contribution in [-0.2, 0) is 0 Å². The zero-order valence-corrected chi connectivity index (χ0v) is 54.0. The van der Waals surface area contributed by atoms with Gasteiger partial charge in [0.15, 0.2) is 0 Å². The summed E-state index contributed by atoms with van der Waals surface area (Å²) in [4.78, 5) is 0. The van der Waals surface area contributed by atoms with E-state index in [1.165, 1.54) is 385 Å². The SMILES string of the molecule is C1=CCCCCCC/C=C/CCCCCC/C=C/CCCCCC/C=C\CCCCCC/C=C/CCCCCC/C=C/CCCCCC/C=C/CCCCCC/C=C/CCCCCC/C=C\CCCCCC/C=C/CCCCCC1. The Hall–Kier alpha value is -2.60. The molecule has 0 heteroatoms. The largest absolute Gasteiger partial charge is 0.0885 e. The molecule has 0 saturated carbocycles. The summed E-state index contributed by atoms with van der Waals surface area (Å²) >= 11 is 0. The molecule has 0 heterocycles. The van der Waals surface area contributed by atoms with Gasteiger partial charge in [0.2, 0.25) is 0 Å². The Morgan fingerprint density at radius 1 is 0.0625 bits per heavy atom. The molecule has 0 aromatic heterocycles. The van der Waals surface area contributed by atoms with Gasteiger partial charge in [-0.25, -0.2) is 0 Å². The zero-order chi connectivity index (χ0) is 56.6. The van der Waals surface area contributed by atoms with E-state index in [1.807, 2.05) is 0 Å². The van der Waals surface area contributed by atoms with Crippen LogP contribution in [0.3, 0.4) is 0 Å². The van der Waals surface area contributed by atoms with Crippen LogP contribution in [0.4, 0.5) is 0 Å². The predicted octanol–water partition coefficient (Wildman–Crippen LogP) is 29.0. The van der Waals surface area contributed by atoms with Crippen molar-refractivity contribution in [3.63, 3.8) is 0 Å². The van der Waals surface area contributed by atoms with Gasteiger partial charge in [0.05, 0.1) is 0 Å². The normalized spacial score (nSPS) is 25.6. The predicted molar refractivity (Wildman–Crippen MR) is 368 cm³/mol. The Labute approximate surface area is 504 Å². The average Bonchev–Trinajstić information content (AvgIpc) is 3.47. The van der Waals surface area contributed by atoms with Crippen molar-refractivity contribution in [1.29, 1.82) is 0 Å². The molecule has 0 N–H and O–H groups in total. The summed E-state index contributed by atoms with van der Waals surface area (Å²) in [5.41, 5.74) is 0. The van der Waals surface area contributed by atoms with Crippen LogP contribution in [-0.4, -0.2) is 0 Å². The van der Waals surface area contributed by atoms with Gasteiger partial charge in [-0.15, -0.1) is 0 Å². The van der Waals surface area contributed by atoms with Crippen LogP contribution in [0.2, 0.25) is 0 Å². The maximum Gasteiger partial charge on any atom is -0.0351 e. The molecule has 1 rings (SSSR count). The zero-order valence-electron chi connectivity index (χ0n) is 54.0. The fraction of sp³-hybridized carbons (Fsp3) is 0.750. The second-order valence-electron chi connectivity index (χ2n) is 24.6. The lowest BCUT2D eigenvalue weighted by atomic mass is 10.1. The van der Waals surface area contributed by atoms with E-state index in [0.717, 1.165) is 0 Å². The van der Waals surface area contributed by atoms with Gasteiger partial charge in [0.25, 0.3) is 0 Å². The van der Waals surface area contributed by atoms with E-state index in [9.17, 15) is 0 Å². The highest BCUT2D eigenvalue weighted by molar-refractivity contribution is 4.88. The van der Waals surface area contributed by atoms with E-state index in [2.05, 4.69) is 122 Å². The van der Waals surface area contributed by atoms with Crippen LogP contribution in [0.1, 0.15) is 385 Å².